The maximum Gasteiger partial charge on any atom is 0.121 e. The van der Waals surface area contributed by atoms with Crippen LogP contribution in [-0.4, -0.2) is 37.2 Å². The van der Waals surface area contributed by atoms with E-state index in [9.17, 15) is 0 Å². The van der Waals surface area contributed by atoms with E-state index in [0.717, 1.165) is 31.8 Å². The summed E-state index contributed by atoms with van der Waals surface area (Å²) in [6.45, 7) is 6.67. The number of likely N-dealkylation sites (N-methyl/N-ethyl adjacent to an activating group) is 1. The highest BCUT2D eigenvalue weighted by molar-refractivity contribution is 5.56. The molecule has 2 heterocycles. The second-order valence-electron chi connectivity index (χ2n) is 5.27. The lowest BCUT2D eigenvalue weighted by molar-refractivity contribution is 0.202. The molecule has 1 aromatic carbocycles. The van der Waals surface area contributed by atoms with Gasteiger partial charge in [-0.1, -0.05) is 13.0 Å². The van der Waals surface area contributed by atoms with Crippen molar-refractivity contribution in [2.75, 3.05) is 31.5 Å². The zero-order valence-electron chi connectivity index (χ0n) is 11.1. The van der Waals surface area contributed by atoms with E-state index >= 15 is 0 Å². The van der Waals surface area contributed by atoms with Crippen LogP contribution >= 0.6 is 0 Å². The minimum absolute atomic E-state index is 0.367. The number of anilines is 1. The van der Waals surface area contributed by atoms with E-state index in [2.05, 4.69) is 35.3 Å². The van der Waals surface area contributed by atoms with Crippen LogP contribution in [0.3, 0.4) is 0 Å². The topological polar surface area (TPSA) is 24.5 Å². The molecule has 98 valence electrons. The summed E-state index contributed by atoms with van der Waals surface area (Å²) >= 11 is 0. The standard InChI is InChI=1S/C15H22N2O/c1-2-17-9-7-14(11-17)18-13-6-5-12-4-3-8-16-15(12)10-13/h5-6,10,14,16H,2-4,7-9,11H2,1H3. The second kappa shape index (κ2) is 5.19. The molecule has 1 atom stereocenters. The Kier molecular flexibility index (Phi) is 3.41. The molecular weight excluding hydrogens is 224 g/mol. The zero-order valence-corrected chi connectivity index (χ0v) is 11.1. The summed E-state index contributed by atoms with van der Waals surface area (Å²) in [6, 6.07) is 6.51. The van der Waals surface area contributed by atoms with Gasteiger partial charge in [0.1, 0.15) is 11.9 Å². The van der Waals surface area contributed by atoms with Crippen molar-refractivity contribution in [3.8, 4) is 5.75 Å². The van der Waals surface area contributed by atoms with Gasteiger partial charge in [-0.15, -0.1) is 0 Å². The summed E-state index contributed by atoms with van der Waals surface area (Å²) in [6.07, 6.45) is 3.95. The summed E-state index contributed by atoms with van der Waals surface area (Å²) in [4.78, 5) is 2.45. The number of fused-ring (bicyclic) bond motifs is 1. The number of ether oxygens (including phenoxy) is 1. The van der Waals surface area contributed by atoms with Gasteiger partial charge in [0, 0.05) is 31.4 Å². The highest BCUT2D eigenvalue weighted by atomic mass is 16.5. The number of hydrogen-bond donors (Lipinski definition) is 1. The Hall–Kier alpha value is -1.22. The van der Waals surface area contributed by atoms with Crippen LogP contribution in [0.25, 0.3) is 0 Å². The van der Waals surface area contributed by atoms with Crippen LogP contribution in [0.5, 0.6) is 5.75 Å². The van der Waals surface area contributed by atoms with Crippen molar-refractivity contribution in [3.63, 3.8) is 0 Å². The fourth-order valence-corrected chi connectivity index (χ4v) is 2.89. The van der Waals surface area contributed by atoms with Gasteiger partial charge in [0.05, 0.1) is 0 Å². The Balaban J connectivity index is 1.66. The first-order chi connectivity index (χ1) is 8.85. The van der Waals surface area contributed by atoms with Crippen molar-refractivity contribution in [2.24, 2.45) is 0 Å². The molecule has 0 saturated carbocycles. The Morgan fingerprint density at radius 1 is 1.44 bits per heavy atom. The third-order valence-electron chi connectivity index (χ3n) is 4.00. The zero-order chi connectivity index (χ0) is 12.4. The first-order valence-electron chi connectivity index (χ1n) is 7.11. The molecule has 3 nitrogen and oxygen atoms in total. The predicted octanol–water partition coefficient (Wildman–Crippen LogP) is 2.52. The van der Waals surface area contributed by atoms with Crippen LogP contribution in [-0.2, 0) is 6.42 Å². The van der Waals surface area contributed by atoms with Gasteiger partial charge in [-0.05, 0) is 37.4 Å². The van der Waals surface area contributed by atoms with Crippen LogP contribution in [0.1, 0.15) is 25.3 Å². The molecular formula is C15H22N2O. The Labute approximate surface area is 109 Å². The van der Waals surface area contributed by atoms with Gasteiger partial charge in [0.15, 0.2) is 0 Å². The quantitative estimate of drug-likeness (QED) is 0.887. The smallest absolute Gasteiger partial charge is 0.121 e. The van der Waals surface area contributed by atoms with E-state index in [1.54, 1.807) is 0 Å². The van der Waals surface area contributed by atoms with E-state index in [-0.39, 0.29) is 0 Å². The summed E-state index contributed by atoms with van der Waals surface area (Å²) in [7, 11) is 0. The lowest BCUT2D eigenvalue weighted by Crippen LogP contribution is -2.24. The van der Waals surface area contributed by atoms with Crippen LogP contribution in [0, 0.1) is 0 Å². The molecule has 1 N–H and O–H groups in total. The van der Waals surface area contributed by atoms with Crippen molar-refractivity contribution >= 4 is 5.69 Å². The van der Waals surface area contributed by atoms with Gasteiger partial charge >= 0.3 is 0 Å². The van der Waals surface area contributed by atoms with Crippen LogP contribution in [0.15, 0.2) is 18.2 Å². The number of nitrogens with zero attached hydrogens (tertiary/aromatic N) is 1. The van der Waals surface area contributed by atoms with Gasteiger partial charge in [-0.25, -0.2) is 0 Å². The van der Waals surface area contributed by atoms with E-state index in [0.29, 0.717) is 6.10 Å². The molecule has 0 aliphatic carbocycles. The van der Waals surface area contributed by atoms with Crippen LogP contribution < -0.4 is 10.1 Å². The van der Waals surface area contributed by atoms with Crippen molar-refractivity contribution < 1.29 is 4.74 Å². The molecule has 0 bridgehead atoms. The van der Waals surface area contributed by atoms with Crippen LogP contribution in [0.2, 0.25) is 0 Å². The third kappa shape index (κ3) is 2.46. The lowest BCUT2D eigenvalue weighted by Gasteiger charge is -2.20. The maximum absolute atomic E-state index is 6.09. The van der Waals surface area contributed by atoms with E-state index < -0.39 is 0 Å². The third-order valence-corrected chi connectivity index (χ3v) is 4.00. The van der Waals surface area contributed by atoms with E-state index in [1.165, 1.54) is 30.6 Å². The monoisotopic (exact) mass is 246 g/mol. The molecule has 3 rings (SSSR count). The molecule has 0 radical (unpaired) electrons. The average molecular weight is 246 g/mol. The summed E-state index contributed by atoms with van der Waals surface area (Å²) in [5, 5.41) is 3.46. The van der Waals surface area contributed by atoms with E-state index in [4.69, 9.17) is 4.74 Å². The van der Waals surface area contributed by atoms with Crippen molar-refractivity contribution in [1.82, 2.24) is 4.90 Å². The predicted molar refractivity (Wildman–Crippen MR) is 74.4 cm³/mol. The molecule has 2 aliphatic rings. The fraction of sp³-hybridized carbons (Fsp3) is 0.600. The van der Waals surface area contributed by atoms with Gasteiger partial charge in [0.2, 0.25) is 0 Å². The molecule has 1 unspecified atom stereocenters. The highest BCUT2D eigenvalue weighted by Crippen LogP contribution is 2.28. The molecule has 0 spiro atoms. The maximum atomic E-state index is 6.09. The molecule has 18 heavy (non-hydrogen) atoms. The summed E-state index contributed by atoms with van der Waals surface area (Å²) < 4.78 is 6.09. The SMILES string of the molecule is CCN1CCC(Oc2ccc3c(c2)NCCC3)C1. The minimum Gasteiger partial charge on any atom is -0.489 e. The minimum atomic E-state index is 0.367. The molecule has 3 heteroatoms. The number of aryl methyl sites for hydroxylation is 1. The molecule has 1 aromatic rings. The number of benzene rings is 1. The Bertz CT molecular complexity index is 419. The van der Waals surface area contributed by atoms with Gasteiger partial charge in [-0.3, -0.25) is 4.90 Å². The van der Waals surface area contributed by atoms with Crippen molar-refractivity contribution in [2.45, 2.75) is 32.3 Å². The molecule has 0 aromatic heterocycles. The second-order valence-corrected chi connectivity index (χ2v) is 5.27. The average Bonchev–Trinajstić information content (AvgIpc) is 2.86. The summed E-state index contributed by atoms with van der Waals surface area (Å²) in [5.41, 5.74) is 2.69. The van der Waals surface area contributed by atoms with Crippen LogP contribution in [0.4, 0.5) is 5.69 Å². The fourth-order valence-electron chi connectivity index (χ4n) is 2.89. The highest BCUT2D eigenvalue weighted by Gasteiger charge is 2.22. The summed E-state index contributed by atoms with van der Waals surface area (Å²) in [5.74, 6) is 1.02. The van der Waals surface area contributed by atoms with Crippen molar-refractivity contribution in [3.05, 3.63) is 23.8 Å². The lowest BCUT2D eigenvalue weighted by atomic mass is 10.0. The number of hydrogen-bond acceptors (Lipinski definition) is 3. The Morgan fingerprint density at radius 2 is 2.39 bits per heavy atom. The normalized spacial score (nSPS) is 23.5. The molecule has 0 amide bonds. The van der Waals surface area contributed by atoms with Gasteiger partial charge in [-0.2, -0.15) is 0 Å². The Morgan fingerprint density at radius 3 is 3.22 bits per heavy atom. The number of nitrogens with one attached hydrogen (secondary N) is 1. The molecule has 1 saturated heterocycles. The van der Waals surface area contributed by atoms with E-state index in [1.807, 2.05) is 0 Å². The first kappa shape index (κ1) is 11.8. The van der Waals surface area contributed by atoms with Gasteiger partial charge < -0.3 is 10.1 Å². The largest absolute Gasteiger partial charge is 0.489 e. The number of rotatable bonds is 3. The molecule has 2 aliphatic heterocycles. The van der Waals surface area contributed by atoms with Gasteiger partial charge in [0.25, 0.3) is 0 Å². The van der Waals surface area contributed by atoms with Crippen molar-refractivity contribution in [1.29, 1.82) is 0 Å². The number of likely N-dealkylation sites (tertiary alicyclic amines) is 1. The molecule has 1 fully saturated rings. The first-order valence-corrected chi connectivity index (χ1v) is 7.11.